The molecule has 6 heteroatoms. The standard InChI is InChI=1S/C12H13ClN4O/c1-7(8-5-15-16-6-8)17-12(18)10-3-2-9(13)4-11(10)14/h2-7H,14H2,1H3,(H,15,16)(H,17,18). The topological polar surface area (TPSA) is 83.8 Å². The van der Waals surface area contributed by atoms with Gasteiger partial charge in [0, 0.05) is 22.5 Å². The van der Waals surface area contributed by atoms with Crippen LogP contribution in [0.2, 0.25) is 5.02 Å². The minimum Gasteiger partial charge on any atom is -0.398 e. The summed E-state index contributed by atoms with van der Waals surface area (Å²) < 4.78 is 0. The Kier molecular flexibility index (Phi) is 3.53. The van der Waals surface area contributed by atoms with E-state index in [9.17, 15) is 4.79 Å². The van der Waals surface area contributed by atoms with Crippen LogP contribution in [0.15, 0.2) is 30.6 Å². The van der Waals surface area contributed by atoms with Gasteiger partial charge >= 0.3 is 0 Å². The largest absolute Gasteiger partial charge is 0.398 e. The van der Waals surface area contributed by atoms with Gasteiger partial charge in [0.1, 0.15) is 0 Å². The Labute approximate surface area is 109 Å². The Morgan fingerprint density at radius 1 is 1.56 bits per heavy atom. The molecular formula is C12H13ClN4O. The van der Waals surface area contributed by atoms with Gasteiger partial charge in [-0.15, -0.1) is 0 Å². The molecule has 0 aliphatic rings. The summed E-state index contributed by atoms with van der Waals surface area (Å²) in [6.45, 7) is 1.87. The summed E-state index contributed by atoms with van der Waals surface area (Å²) in [5.41, 5.74) is 7.42. The first-order valence-corrected chi connectivity index (χ1v) is 5.80. The first kappa shape index (κ1) is 12.4. The molecule has 5 nitrogen and oxygen atoms in total. The number of rotatable bonds is 3. The van der Waals surface area contributed by atoms with Gasteiger partial charge in [-0.25, -0.2) is 0 Å². The van der Waals surface area contributed by atoms with E-state index >= 15 is 0 Å². The van der Waals surface area contributed by atoms with Gasteiger partial charge in [0.05, 0.1) is 17.8 Å². The monoisotopic (exact) mass is 264 g/mol. The van der Waals surface area contributed by atoms with Crippen molar-refractivity contribution in [3.05, 3.63) is 46.7 Å². The molecule has 94 valence electrons. The quantitative estimate of drug-likeness (QED) is 0.743. The molecule has 1 aromatic carbocycles. The van der Waals surface area contributed by atoms with Gasteiger partial charge in [0.25, 0.3) is 5.91 Å². The number of nitrogens with two attached hydrogens (primary N) is 1. The number of amides is 1. The van der Waals surface area contributed by atoms with E-state index in [1.807, 2.05) is 6.92 Å². The Morgan fingerprint density at radius 3 is 2.94 bits per heavy atom. The molecule has 0 spiro atoms. The summed E-state index contributed by atoms with van der Waals surface area (Å²) in [5, 5.41) is 9.88. The lowest BCUT2D eigenvalue weighted by atomic mass is 10.1. The van der Waals surface area contributed by atoms with Crippen LogP contribution in [0.5, 0.6) is 0 Å². The van der Waals surface area contributed by atoms with Crippen molar-refractivity contribution >= 4 is 23.2 Å². The van der Waals surface area contributed by atoms with Gasteiger partial charge < -0.3 is 11.1 Å². The summed E-state index contributed by atoms with van der Waals surface area (Å²) >= 11 is 5.78. The molecule has 2 rings (SSSR count). The molecule has 0 bridgehead atoms. The molecule has 18 heavy (non-hydrogen) atoms. The number of hydrogen-bond acceptors (Lipinski definition) is 3. The number of anilines is 1. The third-order valence-electron chi connectivity index (χ3n) is 2.63. The van der Waals surface area contributed by atoms with Crippen LogP contribution >= 0.6 is 11.6 Å². The zero-order chi connectivity index (χ0) is 13.1. The molecule has 0 fully saturated rings. The lowest BCUT2D eigenvalue weighted by Crippen LogP contribution is -2.27. The van der Waals surface area contributed by atoms with E-state index in [0.717, 1.165) is 5.56 Å². The lowest BCUT2D eigenvalue weighted by molar-refractivity contribution is 0.0941. The van der Waals surface area contributed by atoms with E-state index in [1.165, 1.54) is 0 Å². The number of H-pyrrole nitrogens is 1. The minimum atomic E-state index is -0.238. The zero-order valence-corrected chi connectivity index (χ0v) is 10.5. The number of benzene rings is 1. The van der Waals surface area contributed by atoms with Gasteiger partial charge in [-0.3, -0.25) is 9.89 Å². The van der Waals surface area contributed by atoms with Crippen molar-refractivity contribution in [2.24, 2.45) is 0 Å². The number of aromatic nitrogens is 2. The van der Waals surface area contributed by atoms with Crippen molar-refractivity contribution in [3.8, 4) is 0 Å². The summed E-state index contributed by atoms with van der Waals surface area (Å²) in [6.07, 6.45) is 3.40. The van der Waals surface area contributed by atoms with Crippen molar-refractivity contribution < 1.29 is 4.79 Å². The van der Waals surface area contributed by atoms with E-state index in [-0.39, 0.29) is 11.9 Å². The molecule has 1 aromatic heterocycles. The number of aromatic amines is 1. The Balaban J connectivity index is 2.12. The van der Waals surface area contributed by atoms with Gasteiger partial charge in [-0.1, -0.05) is 11.6 Å². The van der Waals surface area contributed by atoms with Crippen LogP contribution in [0.1, 0.15) is 28.9 Å². The molecule has 1 atom stereocenters. The predicted octanol–water partition coefficient (Wildman–Crippen LogP) is 2.14. The highest BCUT2D eigenvalue weighted by Crippen LogP contribution is 2.19. The molecule has 4 N–H and O–H groups in total. The van der Waals surface area contributed by atoms with E-state index in [0.29, 0.717) is 16.3 Å². The number of nitrogen functional groups attached to an aromatic ring is 1. The maximum Gasteiger partial charge on any atom is 0.253 e. The Bertz CT molecular complexity index is 553. The van der Waals surface area contributed by atoms with E-state index < -0.39 is 0 Å². The Morgan fingerprint density at radius 2 is 2.33 bits per heavy atom. The van der Waals surface area contributed by atoms with Gasteiger partial charge in [0.2, 0.25) is 0 Å². The molecule has 1 unspecified atom stereocenters. The summed E-state index contributed by atoms with van der Waals surface area (Å²) in [5.74, 6) is -0.238. The van der Waals surface area contributed by atoms with Crippen molar-refractivity contribution in [2.75, 3.05) is 5.73 Å². The van der Waals surface area contributed by atoms with Crippen LogP contribution in [0.4, 0.5) is 5.69 Å². The molecule has 0 aliphatic carbocycles. The fraction of sp³-hybridized carbons (Fsp3) is 0.167. The average Bonchev–Trinajstić information content (AvgIpc) is 2.81. The number of hydrogen-bond donors (Lipinski definition) is 3. The van der Waals surface area contributed by atoms with Crippen LogP contribution < -0.4 is 11.1 Å². The highest BCUT2D eigenvalue weighted by Gasteiger charge is 2.14. The summed E-state index contributed by atoms with van der Waals surface area (Å²) in [4.78, 5) is 12.0. The van der Waals surface area contributed by atoms with Crippen LogP contribution in [-0.2, 0) is 0 Å². The SMILES string of the molecule is CC(NC(=O)c1ccc(Cl)cc1N)c1cn[nH]c1. The normalized spacial score (nSPS) is 12.1. The average molecular weight is 265 g/mol. The second-order valence-corrected chi connectivity index (χ2v) is 4.39. The fourth-order valence-corrected chi connectivity index (χ4v) is 1.78. The maximum atomic E-state index is 12.0. The van der Waals surface area contributed by atoms with Crippen molar-refractivity contribution in [2.45, 2.75) is 13.0 Å². The molecule has 0 saturated heterocycles. The smallest absolute Gasteiger partial charge is 0.253 e. The van der Waals surface area contributed by atoms with Crippen LogP contribution in [-0.4, -0.2) is 16.1 Å². The minimum absolute atomic E-state index is 0.147. The second kappa shape index (κ2) is 5.10. The number of nitrogens with one attached hydrogen (secondary N) is 2. The summed E-state index contributed by atoms with van der Waals surface area (Å²) in [7, 11) is 0. The molecule has 1 heterocycles. The van der Waals surface area contributed by atoms with E-state index in [1.54, 1.807) is 30.6 Å². The van der Waals surface area contributed by atoms with Crippen LogP contribution in [0.3, 0.4) is 0 Å². The molecule has 0 saturated carbocycles. The second-order valence-electron chi connectivity index (χ2n) is 3.96. The number of halogens is 1. The molecule has 1 amide bonds. The van der Waals surface area contributed by atoms with E-state index in [4.69, 9.17) is 17.3 Å². The first-order chi connectivity index (χ1) is 8.58. The van der Waals surface area contributed by atoms with Crippen molar-refractivity contribution in [3.63, 3.8) is 0 Å². The molecule has 0 radical (unpaired) electrons. The van der Waals surface area contributed by atoms with Crippen molar-refractivity contribution in [1.82, 2.24) is 15.5 Å². The van der Waals surface area contributed by atoms with Crippen molar-refractivity contribution in [1.29, 1.82) is 0 Å². The van der Waals surface area contributed by atoms with Crippen LogP contribution in [0.25, 0.3) is 0 Å². The van der Waals surface area contributed by atoms with Gasteiger partial charge in [-0.05, 0) is 25.1 Å². The number of nitrogens with zero attached hydrogens (tertiary/aromatic N) is 1. The zero-order valence-electron chi connectivity index (χ0n) is 9.77. The third-order valence-corrected chi connectivity index (χ3v) is 2.86. The van der Waals surface area contributed by atoms with E-state index in [2.05, 4.69) is 15.5 Å². The molecule has 0 aliphatic heterocycles. The summed E-state index contributed by atoms with van der Waals surface area (Å²) in [6, 6.07) is 4.65. The molecular weight excluding hydrogens is 252 g/mol. The predicted molar refractivity (Wildman–Crippen MR) is 70.3 cm³/mol. The highest BCUT2D eigenvalue weighted by molar-refractivity contribution is 6.31. The third kappa shape index (κ3) is 2.62. The fourth-order valence-electron chi connectivity index (χ4n) is 1.60. The Hall–Kier alpha value is -2.01. The number of carbonyl (C=O) groups excluding carboxylic acids is 1. The first-order valence-electron chi connectivity index (χ1n) is 5.42. The van der Waals surface area contributed by atoms with Gasteiger partial charge in [0.15, 0.2) is 0 Å². The lowest BCUT2D eigenvalue weighted by Gasteiger charge is -2.13. The highest BCUT2D eigenvalue weighted by atomic mass is 35.5. The van der Waals surface area contributed by atoms with Crippen LogP contribution in [0, 0.1) is 0 Å². The molecule has 2 aromatic rings. The maximum absolute atomic E-state index is 12.0. The number of carbonyl (C=O) groups is 1. The van der Waals surface area contributed by atoms with Gasteiger partial charge in [-0.2, -0.15) is 5.10 Å².